The average Bonchev–Trinajstić information content (AvgIpc) is 2.73. The van der Waals surface area contributed by atoms with E-state index in [0.717, 1.165) is 22.1 Å². The molecule has 1 aliphatic heterocycles. The lowest BCUT2D eigenvalue weighted by Crippen LogP contribution is -2.49. The summed E-state index contributed by atoms with van der Waals surface area (Å²) in [6.45, 7) is 5.72. The zero-order valence-electron chi connectivity index (χ0n) is 17.9. The molecular weight excluding hydrogens is 411 g/mol. The van der Waals surface area contributed by atoms with Gasteiger partial charge in [-0.2, -0.15) is 0 Å². The second-order valence-corrected chi connectivity index (χ2v) is 8.47. The first kappa shape index (κ1) is 20.2. The minimum atomic E-state index is -0.660. The second kappa shape index (κ2) is 7.44. The van der Waals surface area contributed by atoms with E-state index < -0.39 is 11.2 Å². The van der Waals surface area contributed by atoms with Crippen molar-refractivity contribution in [3.63, 3.8) is 0 Å². The molecule has 6 nitrogen and oxygen atoms in total. The lowest BCUT2D eigenvalue weighted by atomic mass is 9.90. The highest BCUT2D eigenvalue weighted by atomic mass is 19.1. The van der Waals surface area contributed by atoms with Crippen LogP contribution in [0.3, 0.4) is 0 Å². The highest BCUT2D eigenvalue weighted by molar-refractivity contribution is 5.79. The van der Waals surface area contributed by atoms with E-state index in [1.54, 1.807) is 24.3 Å². The van der Waals surface area contributed by atoms with E-state index in [4.69, 9.17) is 13.9 Å². The Bertz CT molecular complexity index is 1400. The fourth-order valence-electron chi connectivity index (χ4n) is 3.99. The van der Waals surface area contributed by atoms with Gasteiger partial charge >= 0.3 is 5.63 Å². The van der Waals surface area contributed by atoms with Crippen molar-refractivity contribution in [2.75, 3.05) is 0 Å². The molecule has 0 bridgehead atoms. The molecule has 0 aliphatic carbocycles. The highest BCUT2D eigenvalue weighted by Crippen LogP contribution is 2.37. The molecule has 0 radical (unpaired) electrons. The molecule has 2 aromatic heterocycles. The summed E-state index contributed by atoms with van der Waals surface area (Å²) in [4.78, 5) is 20.1. The SMILES string of the molecule is Cc1cc(F)ccc1-c1cc(OC2Cc3cc4ccc(=O)oc4cc3OC2(C)C)ncn1. The molecule has 0 saturated carbocycles. The molecule has 1 unspecified atom stereocenters. The third-order valence-corrected chi connectivity index (χ3v) is 5.73. The summed E-state index contributed by atoms with van der Waals surface area (Å²) in [5.74, 6) is 0.793. The van der Waals surface area contributed by atoms with Crippen LogP contribution in [0.25, 0.3) is 22.2 Å². The van der Waals surface area contributed by atoms with Crippen LogP contribution in [-0.2, 0) is 6.42 Å². The van der Waals surface area contributed by atoms with Gasteiger partial charge in [0.05, 0.1) is 5.69 Å². The number of ether oxygens (including phenoxy) is 2. The van der Waals surface area contributed by atoms with Gasteiger partial charge in [0.2, 0.25) is 5.88 Å². The van der Waals surface area contributed by atoms with Crippen molar-refractivity contribution >= 4 is 11.0 Å². The van der Waals surface area contributed by atoms with Crippen LogP contribution in [0.15, 0.2) is 64.1 Å². The van der Waals surface area contributed by atoms with Crippen molar-refractivity contribution in [2.24, 2.45) is 0 Å². The van der Waals surface area contributed by atoms with Gasteiger partial charge < -0.3 is 13.9 Å². The Hall–Kier alpha value is -3.74. The Morgan fingerprint density at radius 2 is 1.94 bits per heavy atom. The average molecular weight is 432 g/mol. The van der Waals surface area contributed by atoms with E-state index in [1.165, 1.54) is 24.5 Å². The Labute approximate surface area is 183 Å². The summed E-state index contributed by atoms with van der Waals surface area (Å²) in [5, 5.41) is 0.821. The lowest BCUT2D eigenvalue weighted by molar-refractivity contribution is -0.0287. The minimum Gasteiger partial charge on any atom is -0.484 e. The molecule has 0 amide bonds. The van der Waals surface area contributed by atoms with Crippen LogP contribution in [0.2, 0.25) is 0 Å². The van der Waals surface area contributed by atoms with E-state index in [9.17, 15) is 9.18 Å². The normalized spacial score (nSPS) is 16.9. The second-order valence-electron chi connectivity index (χ2n) is 8.47. The van der Waals surface area contributed by atoms with Crippen LogP contribution < -0.4 is 15.1 Å². The van der Waals surface area contributed by atoms with Gasteiger partial charge in [0.25, 0.3) is 0 Å². The van der Waals surface area contributed by atoms with Gasteiger partial charge in [-0.05, 0) is 62.2 Å². The monoisotopic (exact) mass is 432 g/mol. The lowest BCUT2D eigenvalue weighted by Gasteiger charge is -2.39. The van der Waals surface area contributed by atoms with Gasteiger partial charge in [-0.1, -0.05) is 0 Å². The number of rotatable bonds is 3. The highest BCUT2D eigenvalue weighted by Gasteiger charge is 2.39. The predicted octanol–water partition coefficient (Wildman–Crippen LogP) is 4.86. The number of aryl methyl sites for hydroxylation is 1. The molecule has 0 spiro atoms. The maximum Gasteiger partial charge on any atom is 0.336 e. The van der Waals surface area contributed by atoms with E-state index in [1.807, 2.05) is 26.8 Å². The molecule has 32 heavy (non-hydrogen) atoms. The number of hydrogen-bond acceptors (Lipinski definition) is 6. The molecule has 3 heterocycles. The van der Waals surface area contributed by atoms with Crippen molar-refractivity contribution in [3.05, 3.63) is 82.2 Å². The number of nitrogens with zero attached hydrogens (tertiary/aromatic N) is 2. The fourth-order valence-corrected chi connectivity index (χ4v) is 3.99. The summed E-state index contributed by atoms with van der Waals surface area (Å²) in [5.41, 5.74) is 2.64. The molecule has 1 atom stereocenters. The maximum atomic E-state index is 13.5. The number of aromatic nitrogens is 2. The predicted molar refractivity (Wildman–Crippen MR) is 117 cm³/mol. The first-order valence-electron chi connectivity index (χ1n) is 10.3. The van der Waals surface area contributed by atoms with Gasteiger partial charge in [-0.25, -0.2) is 19.2 Å². The van der Waals surface area contributed by atoms with Gasteiger partial charge in [0.1, 0.15) is 35.2 Å². The molecule has 1 aliphatic rings. The summed E-state index contributed by atoms with van der Waals surface area (Å²) >= 11 is 0. The van der Waals surface area contributed by atoms with Gasteiger partial charge in [-0.3, -0.25) is 0 Å². The summed E-state index contributed by atoms with van der Waals surface area (Å²) in [7, 11) is 0. The van der Waals surface area contributed by atoms with Crippen LogP contribution in [0, 0.1) is 12.7 Å². The Kier molecular flexibility index (Phi) is 4.69. The van der Waals surface area contributed by atoms with Crippen LogP contribution in [0.4, 0.5) is 4.39 Å². The van der Waals surface area contributed by atoms with E-state index in [0.29, 0.717) is 29.3 Å². The smallest absolute Gasteiger partial charge is 0.336 e. The number of benzene rings is 2. The van der Waals surface area contributed by atoms with Crippen molar-refractivity contribution in [1.29, 1.82) is 0 Å². The molecule has 2 aromatic carbocycles. The topological polar surface area (TPSA) is 74.5 Å². The zero-order chi connectivity index (χ0) is 22.5. The van der Waals surface area contributed by atoms with Gasteiger partial charge in [-0.15, -0.1) is 0 Å². The van der Waals surface area contributed by atoms with Crippen LogP contribution in [-0.4, -0.2) is 21.7 Å². The standard InChI is InChI=1S/C25H21FN2O4/c1-14-8-17(26)5-6-18(14)19-11-23(28-13-27-19)31-22-10-16-9-15-4-7-24(29)30-20(15)12-21(16)32-25(22,2)3/h4-9,11-13,22H,10H2,1-3H3. The largest absolute Gasteiger partial charge is 0.484 e. The molecule has 0 N–H and O–H groups in total. The fraction of sp³-hybridized carbons (Fsp3) is 0.240. The molecule has 4 aromatic rings. The summed E-state index contributed by atoms with van der Waals surface area (Å²) in [6.07, 6.45) is 1.71. The van der Waals surface area contributed by atoms with E-state index in [-0.39, 0.29) is 11.9 Å². The first-order valence-corrected chi connectivity index (χ1v) is 10.3. The molecule has 7 heteroatoms. The summed E-state index contributed by atoms with van der Waals surface area (Å²) in [6, 6.07) is 13.2. The number of fused-ring (bicyclic) bond motifs is 2. The van der Waals surface area contributed by atoms with Crippen LogP contribution >= 0.6 is 0 Å². The quantitative estimate of drug-likeness (QED) is 0.431. The number of hydrogen-bond donors (Lipinski definition) is 0. The molecule has 0 fully saturated rings. The molecule has 162 valence electrons. The van der Waals surface area contributed by atoms with Crippen LogP contribution in [0.1, 0.15) is 25.0 Å². The Morgan fingerprint density at radius 3 is 2.75 bits per heavy atom. The first-order chi connectivity index (χ1) is 15.3. The Balaban J connectivity index is 1.46. The van der Waals surface area contributed by atoms with Crippen molar-refractivity contribution in [3.8, 4) is 22.9 Å². The van der Waals surface area contributed by atoms with Crippen molar-refractivity contribution < 1.29 is 18.3 Å². The maximum absolute atomic E-state index is 13.5. The van der Waals surface area contributed by atoms with Crippen LogP contribution in [0.5, 0.6) is 11.6 Å². The van der Waals surface area contributed by atoms with Gasteiger partial charge in [0, 0.05) is 35.6 Å². The van der Waals surface area contributed by atoms with Crippen molar-refractivity contribution in [2.45, 2.75) is 38.9 Å². The summed E-state index contributed by atoms with van der Waals surface area (Å²) < 4.78 is 31.3. The third kappa shape index (κ3) is 3.70. The van der Waals surface area contributed by atoms with E-state index in [2.05, 4.69) is 9.97 Å². The molecule has 0 saturated heterocycles. The minimum absolute atomic E-state index is 0.289. The molecule has 5 rings (SSSR count). The molecular formula is C25H21FN2O4. The van der Waals surface area contributed by atoms with Crippen molar-refractivity contribution in [1.82, 2.24) is 9.97 Å². The third-order valence-electron chi connectivity index (χ3n) is 5.73. The Morgan fingerprint density at radius 1 is 1.09 bits per heavy atom. The zero-order valence-corrected chi connectivity index (χ0v) is 17.9. The van der Waals surface area contributed by atoms with E-state index >= 15 is 0 Å². The number of halogens is 1. The van der Waals surface area contributed by atoms with Gasteiger partial charge in [0.15, 0.2) is 0 Å².